The maximum atomic E-state index is 6.68. The maximum Gasteiger partial charge on any atom is 0.174 e. The van der Waals surface area contributed by atoms with Crippen molar-refractivity contribution in [2.75, 3.05) is 12.0 Å². The van der Waals surface area contributed by atoms with Gasteiger partial charge in [-0.2, -0.15) is 0 Å². The van der Waals surface area contributed by atoms with Crippen LogP contribution >= 0.6 is 35.4 Å². The van der Waals surface area contributed by atoms with Crippen molar-refractivity contribution in [2.24, 2.45) is 0 Å². The molecule has 3 aromatic carbocycles. The van der Waals surface area contributed by atoms with Gasteiger partial charge in [0.05, 0.1) is 40.6 Å². The van der Waals surface area contributed by atoms with Gasteiger partial charge in [-0.05, 0) is 110 Å². The van der Waals surface area contributed by atoms with E-state index in [0.29, 0.717) is 20.9 Å². The number of methoxy groups -OCH3 is 1. The summed E-state index contributed by atoms with van der Waals surface area (Å²) in [4.78, 5) is 6.84. The van der Waals surface area contributed by atoms with E-state index in [-0.39, 0.29) is 12.1 Å². The van der Waals surface area contributed by atoms with Crippen molar-refractivity contribution in [1.29, 1.82) is 0 Å². The van der Waals surface area contributed by atoms with Crippen LogP contribution in [0.15, 0.2) is 97.2 Å². The number of anilines is 1. The first-order valence-electron chi connectivity index (χ1n) is 13.4. The molecule has 0 unspecified atom stereocenters. The Morgan fingerprint density at radius 2 is 1.55 bits per heavy atom. The summed E-state index contributed by atoms with van der Waals surface area (Å²) < 4.78 is 13.5. The second-order valence-corrected chi connectivity index (χ2v) is 11.2. The third-order valence-corrected chi connectivity index (χ3v) is 8.59. The third-order valence-electron chi connectivity index (χ3n) is 7.47. The second-order valence-electron chi connectivity index (χ2n) is 10.0. The highest BCUT2D eigenvalue weighted by Crippen LogP contribution is 2.44. The number of aryl methyl sites for hydroxylation is 1. The molecule has 1 N–H and O–H groups in total. The monoisotopic (exact) mass is 614 g/mol. The fourth-order valence-corrected chi connectivity index (χ4v) is 6.25. The topological polar surface area (TPSA) is 51.6 Å². The predicted molar refractivity (Wildman–Crippen MR) is 173 cm³/mol. The van der Waals surface area contributed by atoms with Gasteiger partial charge in [0.15, 0.2) is 5.11 Å². The molecular weight excluding hydrogens is 587 g/mol. The van der Waals surface area contributed by atoms with E-state index >= 15 is 0 Å². The van der Waals surface area contributed by atoms with Crippen molar-refractivity contribution in [1.82, 2.24) is 14.9 Å². The molecule has 1 fully saturated rings. The lowest BCUT2D eigenvalue weighted by Gasteiger charge is -2.28. The summed E-state index contributed by atoms with van der Waals surface area (Å²) in [6, 6.07) is 28.9. The molecule has 1 saturated heterocycles. The van der Waals surface area contributed by atoms with Crippen molar-refractivity contribution < 1.29 is 9.47 Å². The molecule has 0 bridgehead atoms. The predicted octanol–water partition coefficient (Wildman–Crippen LogP) is 8.77. The molecule has 9 heteroatoms. The van der Waals surface area contributed by atoms with Gasteiger partial charge in [-0.1, -0.05) is 35.3 Å². The molecule has 3 heterocycles. The summed E-state index contributed by atoms with van der Waals surface area (Å²) in [5.41, 5.74) is 5.84. The zero-order chi connectivity index (χ0) is 29.4. The normalized spacial score (nSPS) is 16.4. The minimum atomic E-state index is -0.183. The first kappa shape index (κ1) is 28.1. The molecule has 5 aromatic rings. The molecule has 0 saturated carbocycles. The molecule has 6 rings (SSSR count). The average molecular weight is 616 g/mol. The highest BCUT2D eigenvalue weighted by molar-refractivity contribution is 7.80. The lowest BCUT2D eigenvalue weighted by Crippen LogP contribution is -2.29. The van der Waals surface area contributed by atoms with E-state index in [1.165, 1.54) is 0 Å². The van der Waals surface area contributed by atoms with Crippen LogP contribution in [0, 0.1) is 13.8 Å². The Morgan fingerprint density at radius 1 is 0.857 bits per heavy atom. The van der Waals surface area contributed by atoms with E-state index in [1.807, 2.05) is 78.9 Å². The maximum absolute atomic E-state index is 6.68. The first-order valence-corrected chi connectivity index (χ1v) is 14.6. The van der Waals surface area contributed by atoms with Crippen LogP contribution in [0.25, 0.3) is 5.69 Å². The summed E-state index contributed by atoms with van der Waals surface area (Å²) in [5.74, 6) is 2.22. The number of rotatable bonds is 7. The van der Waals surface area contributed by atoms with E-state index in [0.717, 1.165) is 45.5 Å². The Hall–Kier alpha value is -4.04. The molecule has 0 amide bonds. The van der Waals surface area contributed by atoms with Crippen LogP contribution in [0.1, 0.15) is 34.7 Å². The number of hydrogen-bond donors (Lipinski definition) is 1. The fraction of sp³-hybridized carbons (Fsp3) is 0.152. The Bertz CT molecular complexity index is 1740. The summed E-state index contributed by atoms with van der Waals surface area (Å²) >= 11 is 19.0. The highest BCUT2D eigenvalue weighted by Gasteiger charge is 2.42. The number of ether oxygens (including phenoxy) is 2. The molecule has 1 aliphatic heterocycles. The van der Waals surface area contributed by atoms with Gasteiger partial charge >= 0.3 is 0 Å². The Morgan fingerprint density at radius 3 is 2.21 bits per heavy atom. The number of aromatic nitrogens is 2. The summed E-state index contributed by atoms with van der Waals surface area (Å²) in [6.45, 7) is 4.17. The van der Waals surface area contributed by atoms with Crippen molar-refractivity contribution in [3.05, 3.63) is 130 Å². The van der Waals surface area contributed by atoms with E-state index < -0.39 is 0 Å². The van der Waals surface area contributed by atoms with Crippen LogP contribution in [0.5, 0.6) is 17.2 Å². The fourth-order valence-electron chi connectivity index (χ4n) is 5.53. The van der Waals surface area contributed by atoms with Crippen LogP contribution in [-0.4, -0.2) is 21.8 Å². The molecule has 212 valence electrons. The zero-order valence-electron chi connectivity index (χ0n) is 23.2. The molecule has 0 aliphatic carbocycles. The average Bonchev–Trinajstić information content (AvgIpc) is 3.50. The van der Waals surface area contributed by atoms with E-state index in [2.05, 4.69) is 34.7 Å². The number of pyridine rings is 1. The Labute approximate surface area is 260 Å². The summed E-state index contributed by atoms with van der Waals surface area (Å²) in [7, 11) is 1.64. The molecule has 0 spiro atoms. The van der Waals surface area contributed by atoms with Crippen LogP contribution in [-0.2, 0) is 0 Å². The van der Waals surface area contributed by atoms with Gasteiger partial charge in [0.2, 0.25) is 0 Å². The minimum Gasteiger partial charge on any atom is -0.497 e. The zero-order valence-corrected chi connectivity index (χ0v) is 25.5. The number of benzene rings is 3. The number of thiocarbonyl (C=S) groups is 1. The lowest BCUT2D eigenvalue weighted by molar-refractivity contribution is 0.413. The number of nitrogens with zero attached hydrogens (tertiary/aromatic N) is 3. The highest BCUT2D eigenvalue weighted by atomic mass is 35.5. The smallest absolute Gasteiger partial charge is 0.174 e. The standard InChI is InChI=1S/C33H28Cl2N4O2S/c1-20-19-26(21(2)38(20)29-9-6-7-27(34)30(29)35)32-31(28-8-4-5-18-36-28)37-33(42)39(32)22-10-12-24(13-11-22)41-25-16-14-23(40-3)15-17-25/h4-19,31-32H,1-3H3,(H,37,42)/t31-,32+/m0/s1. The van der Waals surface area contributed by atoms with Crippen molar-refractivity contribution >= 4 is 46.2 Å². The van der Waals surface area contributed by atoms with Gasteiger partial charge in [-0.25, -0.2) is 0 Å². The van der Waals surface area contributed by atoms with Gasteiger partial charge in [0, 0.05) is 23.3 Å². The Balaban J connectivity index is 1.40. The van der Waals surface area contributed by atoms with E-state index in [4.69, 9.17) is 49.9 Å². The lowest BCUT2D eigenvalue weighted by atomic mass is 9.96. The third kappa shape index (κ3) is 5.20. The molecular formula is C33H28Cl2N4O2S. The Kier molecular flexibility index (Phi) is 7.82. The number of nitrogens with one attached hydrogen (secondary N) is 1. The first-order chi connectivity index (χ1) is 20.4. The summed E-state index contributed by atoms with van der Waals surface area (Å²) in [5, 5.41) is 5.18. The van der Waals surface area contributed by atoms with Crippen LogP contribution < -0.4 is 19.7 Å². The van der Waals surface area contributed by atoms with Crippen molar-refractivity contribution in [2.45, 2.75) is 25.9 Å². The van der Waals surface area contributed by atoms with Crippen molar-refractivity contribution in [3.8, 4) is 22.9 Å². The van der Waals surface area contributed by atoms with Gasteiger partial charge in [-0.15, -0.1) is 0 Å². The molecule has 0 radical (unpaired) electrons. The van der Waals surface area contributed by atoms with Gasteiger partial charge in [0.1, 0.15) is 17.2 Å². The molecule has 2 atom stereocenters. The minimum absolute atomic E-state index is 0.182. The van der Waals surface area contributed by atoms with Crippen LogP contribution in [0.4, 0.5) is 5.69 Å². The number of halogens is 2. The quantitative estimate of drug-likeness (QED) is 0.185. The van der Waals surface area contributed by atoms with Gasteiger partial charge in [0.25, 0.3) is 0 Å². The summed E-state index contributed by atoms with van der Waals surface area (Å²) in [6.07, 6.45) is 1.81. The van der Waals surface area contributed by atoms with Crippen LogP contribution in [0.2, 0.25) is 10.0 Å². The molecule has 6 nitrogen and oxygen atoms in total. The molecule has 2 aromatic heterocycles. The largest absolute Gasteiger partial charge is 0.497 e. The van der Waals surface area contributed by atoms with Gasteiger partial charge in [-0.3, -0.25) is 4.98 Å². The molecule has 42 heavy (non-hydrogen) atoms. The SMILES string of the molecule is COc1ccc(Oc2ccc(N3C(=S)N[C@@H](c4ccccn4)[C@H]3c3cc(C)n(-c4cccc(Cl)c4Cl)c3C)cc2)cc1. The molecule has 1 aliphatic rings. The second kappa shape index (κ2) is 11.7. The number of hydrogen-bond acceptors (Lipinski definition) is 4. The van der Waals surface area contributed by atoms with Crippen molar-refractivity contribution in [3.63, 3.8) is 0 Å². The van der Waals surface area contributed by atoms with Gasteiger partial charge < -0.3 is 24.3 Å². The van der Waals surface area contributed by atoms with E-state index in [9.17, 15) is 0 Å². The van der Waals surface area contributed by atoms with Crippen LogP contribution in [0.3, 0.4) is 0 Å². The van der Waals surface area contributed by atoms with E-state index in [1.54, 1.807) is 19.4 Å².